The normalized spacial score (nSPS) is 11.4. The Balaban J connectivity index is 1.73. The number of halogens is 1. The van der Waals surface area contributed by atoms with Gasteiger partial charge in [-0.25, -0.2) is 13.4 Å². The molecule has 0 aliphatic carbocycles. The van der Waals surface area contributed by atoms with E-state index in [1.165, 1.54) is 28.6 Å². The first-order chi connectivity index (χ1) is 16.2. The maximum Gasteiger partial charge on any atom is 0.294 e. The minimum Gasteiger partial charge on any atom is -0.424 e. The Morgan fingerprint density at radius 1 is 1.06 bits per heavy atom. The van der Waals surface area contributed by atoms with Crippen LogP contribution in [0.25, 0.3) is 10.9 Å². The number of hydrogen-bond acceptors (Lipinski definition) is 7. The summed E-state index contributed by atoms with van der Waals surface area (Å²) in [4.78, 5) is 27.2. The van der Waals surface area contributed by atoms with Crippen LogP contribution < -0.4 is 9.86 Å². The van der Waals surface area contributed by atoms with Crippen molar-refractivity contribution in [3.8, 4) is 0 Å². The highest BCUT2D eigenvalue weighted by molar-refractivity contribution is 9.10. The van der Waals surface area contributed by atoms with E-state index in [2.05, 4.69) is 20.9 Å². The van der Waals surface area contributed by atoms with Crippen LogP contribution in [-0.2, 0) is 16.4 Å². The Labute approximate surface area is 202 Å². The van der Waals surface area contributed by atoms with E-state index < -0.39 is 20.5 Å². The van der Waals surface area contributed by atoms with E-state index in [9.17, 15) is 28.5 Å². The average molecular weight is 545 g/mol. The van der Waals surface area contributed by atoms with Gasteiger partial charge in [0, 0.05) is 29.6 Å². The first-order valence-electron chi connectivity index (χ1n) is 9.91. The molecule has 1 heterocycles. The summed E-state index contributed by atoms with van der Waals surface area (Å²) in [6.07, 6.45) is -0.108. The van der Waals surface area contributed by atoms with Gasteiger partial charge in [0.2, 0.25) is 0 Å². The molecular formula is C22H17BrN4O6S. The van der Waals surface area contributed by atoms with Crippen molar-refractivity contribution in [2.75, 3.05) is 10.8 Å². The van der Waals surface area contributed by atoms with Gasteiger partial charge in [0.25, 0.3) is 21.3 Å². The van der Waals surface area contributed by atoms with E-state index in [-0.39, 0.29) is 40.3 Å². The zero-order valence-electron chi connectivity index (χ0n) is 17.4. The predicted molar refractivity (Wildman–Crippen MR) is 129 cm³/mol. The molecule has 0 aliphatic rings. The van der Waals surface area contributed by atoms with Crippen molar-refractivity contribution in [1.29, 1.82) is 0 Å². The maximum absolute atomic E-state index is 13.4. The second-order valence-electron chi connectivity index (χ2n) is 7.22. The number of sulfonamides is 1. The van der Waals surface area contributed by atoms with Crippen molar-refractivity contribution in [3.63, 3.8) is 0 Å². The smallest absolute Gasteiger partial charge is 0.294 e. The summed E-state index contributed by atoms with van der Waals surface area (Å²) in [5, 5.41) is 21.2. The van der Waals surface area contributed by atoms with Crippen molar-refractivity contribution < 1.29 is 18.5 Å². The molecule has 4 aromatic rings. The second-order valence-corrected chi connectivity index (χ2v) is 10.00. The third-order valence-electron chi connectivity index (χ3n) is 5.09. The zero-order chi connectivity index (χ0) is 24.5. The van der Waals surface area contributed by atoms with Crippen molar-refractivity contribution in [2.24, 2.45) is 0 Å². The van der Waals surface area contributed by atoms with Gasteiger partial charge in [-0.3, -0.25) is 19.2 Å². The third kappa shape index (κ3) is 4.50. The summed E-state index contributed by atoms with van der Waals surface area (Å²) in [5.74, 6) is -0.0849. The molecule has 0 aliphatic heterocycles. The number of nitro benzene ring substituents is 1. The summed E-state index contributed by atoms with van der Waals surface area (Å²) < 4.78 is 29.0. The van der Waals surface area contributed by atoms with Gasteiger partial charge in [0.15, 0.2) is 5.82 Å². The lowest BCUT2D eigenvalue weighted by Gasteiger charge is -2.24. The summed E-state index contributed by atoms with van der Waals surface area (Å²) in [6, 6.07) is 18.1. The molecule has 3 aromatic carbocycles. The molecule has 1 aromatic heterocycles. The highest BCUT2D eigenvalue weighted by Crippen LogP contribution is 2.25. The fraction of sp³-hybridized carbons (Fsp3) is 0.0909. The fourth-order valence-corrected chi connectivity index (χ4v) is 5.13. The van der Waals surface area contributed by atoms with E-state index >= 15 is 0 Å². The molecule has 12 heteroatoms. The predicted octanol–water partition coefficient (Wildman–Crippen LogP) is 3.74. The molecule has 1 N–H and O–H groups in total. The number of hydrogen-bond donors (Lipinski definition) is 1. The van der Waals surface area contributed by atoms with Crippen LogP contribution in [0, 0.1) is 10.1 Å². The summed E-state index contributed by atoms with van der Waals surface area (Å²) in [6.45, 7) is -0.131. The lowest BCUT2D eigenvalue weighted by atomic mass is 10.2. The molecule has 10 nitrogen and oxygen atoms in total. The number of anilines is 1. The number of para-hydroxylation sites is 1. The average Bonchev–Trinajstić information content (AvgIpc) is 2.82. The number of nitrogens with zero attached hydrogens (tertiary/aromatic N) is 4. The largest absolute Gasteiger partial charge is 0.424 e. The standard InChI is InChI=1S/C22H17BrN4O6S/c23-15-6-9-18(10-7-15)34(32,33)25(16-4-2-1-3-5-16)13-12-21-24-20-11-8-17(27(30)31)14-19(20)22(28)26(21)29/h1-11,14,29H,12-13H2. The number of non-ortho nitro benzene ring substituents is 1. The Bertz CT molecular complexity index is 1540. The first-order valence-corrected chi connectivity index (χ1v) is 12.1. The Hall–Kier alpha value is -3.77. The number of rotatable bonds is 7. The van der Waals surface area contributed by atoms with Crippen LogP contribution in [0.4, 0.5) is 11.4 Å². The van der Waals surface area contributed by atoms with Crippen molar-refractivity contribution in [1.82, 2.24) is 9.71 Å². The molecule has 0 saturated heterocycles. The van der Waals surface area contributed by atoms with E-state index in [1.807, 2.05) is 0 Å². The SMILES string of the molecule is O=c1c2cc([N+](=O)[O-])ccc2nc(CCN(c2ccccc2)S(=O)(=O)c2ccc(Br)cc2)n1O. The van der Waals surface area contributed by atoms with Gasteiger partial charge in [0.1, 0.15) is 0 Å². The Kier molecular flexibility index (Phi) is 6.35. The van der Waals surface area contributed by atoms with Gasteiger partial charge >= 0.3 is 0 Å². The van der Waals surface area contributed by atoms with Crippen LogP contribution in [0.5, 0.6) is 0 Å². The molecule has 0 radical (unpaired) electrons. The van der Waals surface area contributed by atoms with E-state index in [1.54, 1.807) is 42.5 Å². The second kappa shape index (κ2) is 9.23. The molecule has 174 valence electrons. The van der Waals surface area contributed by atoms with Gasteiger partial charge in [-0.2, -0.15) is 0 Å². The molecule has 0 spiro atoms. The highest BCUT2D eigenvalue weighted by atomic mass is 79.9. The summed E-state index contributed by atoms with van der Waals surface area (Å²) in [7, 11) is -3.98. The van der Waals surface area contributed by atoms with Crippen molar-refractivity contribution >= 4 is 48.2 Å². The van der Waals surface area contributed by atoms with E-state index in [0.717, 1.165) is 10.5 Å². The molecule has 0 atom stereocenters. The van der Waals surface area contributed by atoms with Gasteiger partial charge < -0.3 is 5.21 Å². The van der Waals surface area contributed by atoms with Crippen molar-refractivity contribution in [3.05, 3.63) is 104 Å². The van der Waals surface area contributed by atoms with Gasteiger partial charge in [0.05, 0.1) is 26.4 Å². The number of fused-ring (bicyclic) bond motifs is 1. The van der Waals surface area contributed by atoms with Gasteiger partial charge in [-0.1, -0.05) is 34.1 Å². The van der Waals surface area contributed by atoms with E-state index in [4.69, 9.17) is 0 Å². The quantitative estimate of drug-likeness (QED) is 0.212. The van der Waals surface area contributed by atoms with Crippen LogP contribution in [0.1, 0.15) is 5.82 Å². The topological polar surface area (TPSA) is 136 Å². The maximum atomic E-state index is 13.4. The van der Waals surface area contributed by atoms with Crippen LogP contribution in [-0.4, -0.2) is 34.8 Å². The molecule has 0 fully saturated rings. The monoisotopic (exact) mass is 544 g/mol. The van der Waals surface area contributed by atoms with Gasteiger partial charge in [-0.05, 0) is 42.5 Å². The summed E-state index contributed by atoms with van der Waals surface area (Å²) >= 11 is 3.29. The Morgan fingerprint density at radius 3 is 2.38 bits per heavy atom. The minimum atomic E-state index is -3.98. The molecule has 0 bridgehead atoms. The molecule has 0 saturated carbocycles. The molecular weight excluding hydrogens is 528 g/mol. The summed E-state index contributed by atoms with van der Waals surface area (Å²) in [5.41, 5.74) is -0.646. The minimum absolute atomic E-state index is 0.0692. The highest BCUT2D eigenvalue weighted by Gasteiger charge is 2.26. The lowest BCUT2D eigenvalue weighted by molar-refractivity contribution is -0.384. The van der Waals surface area contributed by atoms with Crippen LogP contribution in [0.15, 0.2) is 87.0 Å². The zero-order valence-corrected chi connectivity index (χ0v) is 19.8. The molecule has 0 unspecified atom stereocenters. The fourth-order valence-electron chi connectivity index (χ4n) is 3.40. The molecule has 0 amide bonds. The van der Waals surface area contributed by atoms with Gasteiger partial charge in [-0.15, -0.1) is 4.73 Å². The van der Waals surface area contributed by atoms with Crippen LogP contribution >= 0.6 is 15.9 Å². The molecule has 4 rings (SSSR count). The number of nitro groups is 1. The molecule has 34 heavy (non-hydrogen) atoms. The van der Waals surface area contributed by atoms with E-state index in [0.29, 0.717) is 10.4 Å². The lowest BCUT2D eigenvalue weighted by Crippen LogP contribution is -2.34. The van der Waals surface area contributed by atoms with Crippen LogP contribution in [0.2, 0.25) is 0 Å². The number of aromatic nitrogens is 2. The van der Waals surface area contributed by atoms with Crippen molar-refractivity contribution in [2.45, 2.75) is 11.3 Å². The number of benzene rings is 3. The Morgan fingerprint density at radius 2 is 1.74 bits per heavy atom. The third-order valence-corrected chi connectivity index (χ3v) is 7.46. The van der Waals surface area contributed by atoms with Crippen LogP contribution in [0.3, 0.4) is 0 Å². The first kappa shape index (κ1) is 23.4.